The molecule has 100 valence electrons. The number of nitrogens with one attached hydrogen (secondary N) is 1. The largest absolute Gasteiger partial charge is 0.396 e. The van der Waals surface area contributed by atoms with Gasteiger partial charge in [0.25, 0.3) is 0 Å². The Hall–Kier alpha value is -1.87. The van der Waals surface area contributed by atoms with E-state index in [0.717, 1.165) is 24.5 Å². The molecular weight excluding hydrogens is 236 g/mol. The number of aromatic nitrogens is 1. The third kappa shape index (κ3) is 4.07. The maximum Gasteiger partial charge on any atom is 0.126 e. The van der Waals surface area contributed by atoms with E-state index in [1.54, 1.807) is 0 Å². The van der Waals surface area contributed by atoms with Gasteiger partial charge in [0.2, 0.25) is 0 Å². The second-order valence-electron chi connectivity index (χ2n) is 4.66. The minimum atomic E-state index is 0.197. The van der Waals surface area contributed by atoms with E-state index in [1.807, 2.05) is 43.3 Å². The first kappa shape index (κ1) is 13.6. The zero-order chi connectivity index (χ0) is 13.5. The number of benzene rings is 1. The summed E-state index contributed by atoms with van der Waals surface area (Å²) in [6, 6.07) is 16.2. The molecule has 1 heterocycles. The monoisotopic (exact) mass is 256 g/mol. The number of aliphatic hydroxyl groups is 1. The van der Waals surface area contributed by atoms with Gasteiger partial charge in [-0.2, -0.15) is 0 Å². The van der Waals surface area contributed by atoms with Crippen LogP contribution in [-0.4, -0.2) is 23.2 Å². The molecule has 2 aromatic rings. The van der Waals surface area contributed by atoms with Crippen LogP contribution in [0.2, 0.25) is 0 Å². The molecule has 3 heteroatoms. The van der Waals surface area contributed by atoms with Gasteiger partial charge in [-0.25, -0.2) is 4.98 Å². The van der Waals surface area contributed by atoms with Gasteiger partial charge in [0.1, 0.15) is 5.82 Å². The molecular formula is C16H20N2O. The third-order valence-corrected chi connectivity index (χ3v) is 3.17. The SMILES string of the molecule is Cc1cccc(NC[C@@H](CCO)c2ccccc2)n1. The second-order valence-corrected chi connectivity index (χ2v) is 4.66. The van der Waals surface area contributed by atoms with Gasteiger partial charge in [0, 0.05) is 24.8 Å². The topological polar surface area (TPSA) is 45.1 Å². The van der Waals surface area contributed by atoms with Crippen LogP contribution >= 0.6 is 0 Å². The molecule has 0 fully saturated rings. The van der Waals surface area contributed by atoms with Crippen molar-refractivity contribution < 1.29 is 5.11 Å². The van der Waals surface area contributed by atoms with Crippen molar-refractivity contribution in [1.29, 1.82) is 0 Å². The lowest BCUT2D eigenvalue weighted by Crippen LogP contribution is -2.15. The maximum absolute atomic E-state index is 9.20. The highest BCUT2D eigenvalue weighted by Crippen LogP contribution is 2.19. The Morgan fingerprint density at radius 3 is 2.58 bits per heavy atom. The lowest BCUT2D eigenvalue weighted by Gasteiger charge is -2.17. The highest BCUT2D eigenvalue weighted by molar-refractivity contribution is 5.36. The van der Waals surface area contributed by atoms with E-state index in [4.69, 9.17) is 0 Å². The molecule has 0 aliphatic rings. The normalized spacial score (nSPS) is 12.1. The molecule has 19 heavy (non-hydrogen) atoms. The number of anilines is 1. The van der Waals surface area contributed by atoms with E-state index in [-0.39, 0.29) is 6.61 Å². The fourth-order valence-electron chi connectivity index (χ4n) is 2.14. The van der Waals surface area contributed by atoms with Gasteiger partial charge < -0.3 is 10.4 Å². The fourth-order valence-corrected chi connectivity index (χ4v) is 2.14. The predicted molar refractivity (Wildman–Crippen MR) is 78.3 cm³/mol. The van der Waals surface area contributed by atoms with Gasteiger partial charge in [-0.15, -0.1) is 0 Å². The predicted octanol–water partition coefficient (Wildman–Crippen LogP) is 2.97. The molecule has 0 aliphatic heterocycles. The Labute approximate surface area is 114 Å². The second kappa shape index (κ2) is 6.90. The number of nitrogens with zero attached hydrogens (tertiary/aromatic N) is 1. The molecule has 0 saturated carbocycles. The number of aliphatic hydroxyl groups excluding tert-OH is 1. The highest BCUT2D eigenvalue weighted by Gasteiger charge is 2.10. The van der Waals surface area contributed by atoms with Gasteiger partial charge in [0.05, 0.1) is 0 Å². The summed E-state index contributed by atoms with van der Waals surface area (Å²) < 4.78 is 0. The first-order valence-electron chi connectivity index (χ1n) is 6.63. The van der Waals surface area contributed by atoms with Gasteiger partial charge in [-0.05, 0) is 31.0 Å². The lowest BCUT2D eigenvalue weighted by molar-refractivity contribution is 0.277. The molecule has 0 saturated heterocycles. The van der Waals surface area contributed by atoms with Crippen LogP contribution in [0.1, 0.15) is 23.6 Å². The van der Waals surface area contributed by atoms with Crippen molar-refractivity contribution >= 4 is 5.82 Å². The van der Waals surface area contributed by atoms with Crippen LogP contribution in [0.5, 0.6) is 0 Å². The number of aryl methyl sites for hydroxylation is 1. The van der Waals surface area contributed by atoms with Crippen LogP contribution in [0.25, 0.3) is 0 Å². The third-order valence-electron chi connectivity index (χ3n) is 3.17. The van der Waals surface area contributed by atoms with Crippen molar-refractivity contribution in [1.82, 2.24) is 4.98 Å². The molecule has 3 nitrogen and oxygen atoms in total. The van der Waals surface area contributed by atoms with Crippen molar-refractivity contribution in [2.24, 2.45) is 0 Å². The molecule has 0 amide bonds. The first-order valence-corrected chi connectivity index (χ1v) is 6.63. The fraction of sp³-hybridized carbons (Fsp3) is 0.312. The lowest BCUT2D eigenvalue weighted by atomic mass is 9.96. The molecule has 2 N–H and O–H groups in total. The van der Waals surface area contributed by atoms with Crippen molar-refractivity contribution in [3.05, 3.63) is 59.8 Å². The van der Waals surface area contributed by atoms with E-state index < -0.39 is 0 Å². The minimum absolute atomic E-state index is 0.197. The number of hydrogen-bond acceptors (Lipinski definition) is 3. The van der Waals surface area contributed by atoms with Crippen LogP contribution in [0.3, 0.4) is 0 Å². The van der Waals surface area contributed by atoms with E-state index >= 15 is 0 Å². The summed E-state index contributed by atoms with van der Waals surface area (Å²) in [5.74, 6) is 1.19. The summed E-state index contributed by atoms with van der Waals surface area (Å²) in [6.45, 7) is 2.96. The molecule has 0 aliphatic carbocycles. The zero-order valence-corrected chi connectivity index (χ0v) is 11.2. The molecule has 0 bridgehead atoms. The van der Waals surface area contributed by atoms with Crippen LogP contribution in [-0.2, 0) is 0 Å². The smallest absolute Gasteiger partial charge is 0.126 e. The maximum atomic E-state index is 9.20. The Morgan fingerprint density at radius 1 is 1.11 bits per heavy atom. The summed E-state index contributed by atoms with van der Waals surface area (Å²) in [5.41, 5.74) is 2.25. The number of hydrogen-bond donors (Lipinski definition) is 2. The van der Waals surface area contributed by atoms with E-state index in [9.17, 15) is 5.11 Å². The average Bonchev–Trinajstić information content (AvgIpc) is 2.44. The highest BCUT2D eigenvalue weighted by atomic mass is 16.3. The van der Waals surface area contributed by atoms with Crippen LogP contribution in [0.15, 0.2) is 48.5 Å². The summed E-state index contributed by atoms with van der Waals surface area (Å²) >= 11 is 0. The minimum Gasteiger partial charge on any atom is -0.396 e. The number of pyridine rings is 1. The molecule has 2 rings (SSSR count). The average molecular weight is 256 g/mol. The van der Waals surface area contributed by atoms with Crippen LogP contribution in [0.4, 0.5) is 5.82 Å². The standard InChI is InChI=1S/C16H20N2O/c1-13-6-5-9-16(18-13)17-12-15(10-11-19)14-7-3-2-4-8-14/h2-9,15,19H,10-12H2,1H3,(H,17,18)/t15-/m1/s1. The summed E-state index contributed by atoms with van der Waals surface area (Å²) in [5, 5.41) is 12.5. The molecule has 1 aromatic heterocycles. The van der Waals surface area contributed by atoms with Crippen molar-refractivity contribution in [2.45, 2.75) is 19.3 Å². The van der Waals surface area contributed by atoms with Crippen molar-refractivity contribution in [2.75, 3.05) is 18.5 Å². The summed E-state index contributed by atoms with van der Waals surface area (Å²) in [6.07, 6.45) is 0.753. The van der Waals surface area contributed by atoms with Crippen LogP contribution in [0, 0.1) is 6.92 Å². The summed E-state index contributed by atoms with van der Waals surface area (Å²) in [7, 11) is 0. The first-order chi connectivity index (χ1) is 9.29. The Kier molecular flexibility index (Phi) is 4.93. The van der Waals surface area contributed by atoms with Gasteiger partial charge in [0.15, 0.2) is 0 Å². The molecule has 1 atom stereocenters. The molecule has 0 unspecified atom stereocenters. The molecule has 1 aromatic carbocycles. The van der Waals surface area contributed by atoms with Crippen molar-refractivity contribution in [3.63, 3.8) is 0 Å². The van der Waals surface area contributed by atoms with Gasteiger partial charge >= 0.3 is 0 Å². The molecule has 0 spiro atoms. The Morgan fingerprint density at radius 2 is 1.89 bits per heavy atom. The van der Waals surface area contributed by atoms with Gasteiger partial charge in [-0.1, -0.05) is 36.4 Å². The van der Waals surface area contributed by atoms with E-state index in [0.29, 0.717) is 5.92 Å². The number of rotatable bonds is 6. The Balaban J connectivity index is 2.01. The van der Waals surface area contributed by atoms with E-state index in [1.165, 1.54) is 5.56 Å². The zero-order valence-electron chi connectivity index (χ0n) is 11.2. The van der Waals surface area contributed by atoms with Crippen molar-refractivity contribution in [3.8, 4) is 0 Å². The molecule has 0 radical (unpaired) electrons. The van der Waals surface area contributed by atoms with Crippen LogP contribution < -0.4 is 5.32 Å². The Bertz CT molecular complexity index is 499. The van der Waals surface area contributed by atoms with E-state index in [2.05, 4.69) is 22.4 Å². The van der Waals surface area contributed by atoms with Gasteiger partial charge in [-0.3, -0.25) is 0 Å². The quantitative estimate of drug-likeness (QED) is 0.835. The summed E-state index contributed by atoms with van der Waals surface area (Å²) in [4.78, 5) is 4.43.